The predicted molar refractivity (Wildman–Crippen MR) is 119 cm³/mol. The number of anilines is 1. The number of hydrogen-bond acceptors (Lipinski definition) is 5. The Hall–Kier alpha value is -3.80. The molecule has 0 aromatic heterocycles. The van der Waals surface area contributed by atoms with Gasteiger partial charge in [-0.1, -0.05) is 42.5 Å². The maximum Gasteiger partial charge on any atom is 0.331 e. The summed E-state index contributed by atoms with van der Waals surface area (Å²) in [4.78, 5) is 24.7. The molecule has 0 unspecified atom stereocenters. The number of ether oxygens (including phenoxy) is 3. The first-order chi connectivity index (χ1) is 15.1. The third-order valence-electron chi connectivity index (χ3n) is 4.89. The van der Waals surface area contributed by atoms with Crippen LogP contribution in [0.5, 0.6) is 11.5 Å². The van der Waals surface area contributed by atoms with E-state index in [-0.39, 0.29) is 0 Å². The number of esters is 1. The van der Waals surface area contributed by atoms with Crippen molar-refractivity contribution in [3.05, 3.63) is 72.3 Å². The van der Waals surface area contributed by atoms with Crippen molar-refractivity contribution in [3.63, 3.8) is 0 Å². The monoisotopic (exact) mass is 417 g/mol. The van der Waals surface area contributed by atoms with Crippen molar-refractivity contribution in [2.45, 2.75) is 19.4 Å². The van der Waals surface area contributed by atoms with Crippen LogP contribution in [0.15, 0.2) is 66.7 Å². The molecule has 6 heteroatoms. The van der Waals surface area contributed by atoms with Gasteiger partial charge < -0.3 is 19.5 Å². The molecule has 4 rings (SSSR count). The van der Waals surface area contributed by atoms with Gasteiger partial charge in [-0.15, -0.1) is 0 Å². The molecule has 0 bridgehead atoms. The second-order valence-corrected chi connectivity index (χ2v) is 7.19. The lowest BCUT2D eigenvalue weighted by Gasteiger charge is -2.14. The Kier molecular flexibility index (Phi) is 6.17. The van der Waals surface area contributed by atoms with Crippen molar-refractivity contribution in [1.29, 1.82) is 0 Å². The number of nitrogens with one attached hydrogen (secondary N) is 1. The molecular weight excluding hydrogens is 394 g/mol. The summed E-state index contributed by atoms with van der Waals surface area (Å²) >= 11 is 0. The van der Waals surface area contributed by atoms with Crippen LogP contribution < -0.4 is 14.8 Å². The highest BCUT2D eigenvalue weighted by Crippen LogP contribution is 2.30. The van der Waals surface area contributed by atoms with Crippen molar-refractivity contribution in [2.24, 2.45) is 0 Å². The fourth-order valence-corrected chi connectivity index (χ4v) is 3.28. The van der Waals surface area contributed by atoms with Crippen LogP contribution in [-0.4, -0.2) is 31.2 Å². The Morgan fingerprint density at radius 2 is 1.77 bits per heavy atom. The van der Waals surface area contributed by atoms with Gasteiger partial charge >= 0.3 is 5.97 Å². The smallest absolute Gasteiger partial charge is 0.331 e. The highest BCUT2D eigenvalue weighted by Gasteiger charge is 2.17. The van der Waals surface area contributed by atoms with E-state index < -0.39 is 18.0 Å². The van der Waals surface area contributed by atoms with Crippen molar-refractivity contribution in [1.82, 2.24) is 0 Å². The van der Waals surface area contributed by atoms with Gasteiger partial charge in [0.25, 0.3) is 5.91 Å². The van der Waals surface area contributed by atoms with Crippen LogP contribution in [0.3, 0.4) is 0 Å². The van der Waals surface area contributed by atoms with E-state index in [2.05, 4.69) is 5.32 Å². The third-order valence-corrected chi connectivity index (χ3v) is 4.89. The van der Waals surface area contributed by atoms with Gasteiger partial charge in [-0.2, -0.15) is 0 Å². The Morgan fingerprint density at radius 3 is 2.65 bits per heavy atom. The van der Waals surface area contributed by atoms with Crippen molar-refractivity contribution >= 4 is 34.4 Å². The molecule has 3 aromatic carbocycles. The lowest BCUT2D eigenvalue weighted by molar-refractivity contribution is -0.148. The average molecular weight is 417 g/mol. The third kappa shape index (κ3) is 5.04. The molecule has 3 aromatic rings. The average Bonchev–Trinajstić information content (AvgIpc) is 3.03. The highest BCUT2D eigenvalue weighted by molar-refractivity contribution is 6.04. The topological polar surface area (TPSA) is 73.9 Å². The molecule has 0 radical (unpaired) electrons. The summed E-state index contributed by atoms with van der Waals surface area (Å²) in [6.07, 6.45) is 2.79. The second-order valence-electron chi connectivity index (χ2n) is 7.19. The Morgan fingerprint density at radius 1 is 1.00 bits per heavy atom. The van der Waals surface area contributed by atoms with Crippen LogP contribution in [0.1, 0.15) is 18.9 Å². The number of carbonyl (C=O) groups is 2. The fraction of sp³-hybridized carbons (Fsp3) is 0.200. The first-order valence-electron chi connectivity index (χ1n) is 10.2. The van der Waals surface area contributed by atoms with Crippen LogP contribution >= 0.6 is 0 Å². The van der Waals surface area contributed by atoms with Crippen LogP contribution in [0.25, 0.3) is 16.8 Å². The van der Waals surface area contributed by atoms with Crippen LogP contribution in [-0.2, 0) is 14.3 Å². The number of amides is 1. The van der Waals surface area contributed by atoms with E-state index in [1.165, 1.54) is 6.08 Å². The minimum absolute atomic E-state index is 0.395. The highest BCUT2D eigenvalue weighted by atomic mass is 16.5. The van der Waals surface area contributed by atoms with Gasteiger partial charge in [0.15, 0.2) is 17.6 Å². The summed E-state index contributed by atoms with van der Waals surface area (Å²) in [6, 6.07) is 18.9. The van der Waals surface area contributed by atoms with Crippen molar-refractivity contribution < 1.29 is 23.8 Å². The van der Waals surface area contributed by atoms with E-state index in [9.17, 15) is 9.59 Å². The second kappa shape index (κ2) is 9.34. The minimum atomic E-state index is -0.945. The molecule has 0 saturated carbocycles. The number of hydrogen-bond donors (Lipinski definition) is 1. The summed E-state index contributed by atoms with van der Waals surface area (Å²) in [6.45, 7) is 2.75. The molecule has 31 heavy (non-hydrogen) atoms. The normalized spacial score (nSPS) is 14.1. The molecule has 1 aliphatic rings. The lowest BCUT2D eigenvalue weighted by Crippen LogP contribution is -2.29. The van der Waals surface area contributed by atoms with Crippen LogP contribution in [0.2, 0.25) is 0 Å². The van der Waals surface area contributed by atoms with Gasteiger partial charge in [0.05, 0.1) is 13.2 Å². The quantitative estimate of drug-likeness (QED) is 0.486. The minimum Gasteiger partial charge on any atom is -0.490 e. The van der Waals surface area contributed by atoms with Gasteiger partial charge in [-0.3, -0.25) is 4.79 Å². The van der Waals surface area contributed by atoms with Crippen molar-refractivity contribution in [3.8, 4) is 11.5 Å². The van der Waals surface area contributed by atoms with E-state index in [0.717, 1.165) is 22.8 Å². The van der Waals surface area contributed by atoms with E-state index in [0.29, 0.717) is 30.4 Å². The number of benzene rings is 3. The molecule has 0 saturated heterocycles. The molecule has 6 nitrogen and oxygen atoms in total. The molecule has 1 atom stereocenters. The van der Waals surface area contributed by atoms with Gasteiger partial charge in [-0.05, 0) is 42.1 Å². The predicted octanol–water partition coefficient (Wildman–Crippen LogP) is 4.58. The molecule has 1 N–H and O–H groups in total. The number of rotatable bonds is 5. The molecule has 1 amide bonds. The Labute approximate surface area is 180 Å². The van der Waals surface area contributed by atoms with Gasteiger partial charge in [-0.25, -0.2) is 4.79 Å². The molecular formula is C25H23NO5. The molecule has 158 valence electrons. The summed E-state index contributed by atoms with van der Waals surface area (Å²) in [5.74, 6) is 0.341. The van der Waals surface area contributed by atoms with Crippen LogP contribution in [0, 0.1) is 0 Å². The van der Waals surface area contributed by atoms with E-state index >= 15 is 0 Å². The molecule has 0 aliphatic carbocycles. The largest absolute Gasteiger partial charge is 0.490 e. The van der Waals surface area contributed by atoms with Crippen LogP contribution in [0.4, 0.5) is 5.69 Å². The molecule has 1 heterocycles. The van der Waals surface area contributed by atoms with Crippen molar-refractivity contribution in [2.75, 3.05) is 18.5 Å². The summed E-state index contributed by atoms with van der Waals surface area (Å²) in [5.41, 5.74) is 1.45. The zero-order valence-corrected chi connectivity index (χ0v) is 17.2. The number of fused-ring (bicyclic) bond motifs is 2. The zero-order valence-electron chi connectivity index (χ0n) is 17.2. The fourth-order valence-electron chi connectivity index (χ4n) is 3.28. The standard InChI is InChI=1S/C25H23NO5/c1-17(25(28)26-21-9-4-7-19-6-2-3-8-20(19)21)31-24(27)13-11-18-10-12-22-23(16-18)30-15-5-14-29-22/h2-4,6-13,16-17H,5,14-15H2,1H3,(H,26,28)/b13-11+/t17-/m0/s1. The zero-order chi connectivity index (χ0) is 21.6. The van der Waals surface area contributed by atoms with E-state index in [1.54, 1.807) is 19.1 Å². The van der Waals surface area contributed by atoms with Gasteiger partial charge in [0, 0.05) is 23.6 Å². The molecule has 1 aliphatic heterocycles. The maximum absolute atomic E-state index is 12.5. The maximum atomic E-state index is 12.5. The first-order valence-corrected chi connectivity index (χ1v) is 10.2. The summed E-state index contributed by atoms with van der Waals surface area (Å²) in [7, 11) is 0. The molecule has 0 spiro atoms. The first kappa shape index (κ1) is 20.5. The lowest BCUT2D eigenvalue weighted by atomic mass is 10.1. The number of carbonyl (C=O) groups excluding carboxylic acids is 2. The SMILES string of the molecule is C[C@H](OC(=O)/C=C/c1ccc2c(c1)OCCCO2)C(=O)Nc1cccc2ccccc12. The van der Waals surface area contributed by atoms with E-state index in [4.69, 9.17) is 14.2 Å². The van der Waals surface area contributed by atoms with Gasteiger partial charge in [0.2, 0.25) is 0 Å². The summed E-state index contributed by atoms with van der Waals surface area (Å²) < 4.78 is 16.5. The van der Waals surface area contributed by atoms with E-state index in [1.807, 2.05) is 54.6 Å². The Balaban J connectivity index is 1.37. The Bertz CT molecular complexity index is 1130. The van der Waals surface area contributed by atoms with Gasteiger partial charge in [0.1, 0.15) is 0 Å². The molecule has 0 fully saturated rings. The summed E-state index contributed by atoms with van der Waals surface area (Å²) in [5, 5.41) is 4.77.